The average Bonchev–Trinajstić information content (AvgIpc) is 3.71. The Hall–Kier alpha value is -7.42. The van der Waals surface area contributed by atoms with Crippen LogP contribution in [-0.4, -0.2) is 9.97 Å². The SMILES string of the molecule is CC1(C)c2cc3ccccc3cc2-c2cccc(-c3ccc(-c4cc(-c5ccc6c(c5)-c5ccccc5C6(C)c5ccccc5)nc(-c5ccccc5)n4)c4ccccc34)c21. The maximum Gasteiger partial charge on any atom is 0.160 e. The molecule has 10 aromatic rings. The fourth-order valence-electron chi connectivity index (χ4n) is 10.7. The van der Waals surface area contributed by atoms with E-state index in [0.29, 0.717) is 5.82 Å². The van der Waals surface area contributed by atoms with E-state index in [2.05, 4.69) is 215 Å². The van der Waals surface area contributed by atoms with Gasteiger partial charge in [-0.25, -0.2) is 9.97 Å². The molecule has 0 saturated carbocycles. The van der Waals surface area contributed by atoms with E-state index in [4.69, 9.17) is 9.97 Å². The van der Waals surface area contributed by atoms with Crippen molar-refractivity contribution in [2.75, 3.05) is 0 Å². The fraction of sp³-hybridized carbons (Fsp3) is 0.0847. The molecule has 0 fully saturated rings. The molecule has 61 heavy (non-hydrogen) atoms. The quantitative estimate of drug-likeness (QED) is 0.174. The fourth-order valence-corrected chi connectivity index (χ4v) is 10.7. The third-order valence-corrected chi connectivity index (χ3v) is 13.7. The molecule has 288 valence electrons. The van der Waals surface area contributed by atoms with E-state index in [1.54, 1.807) is 0 Å². The largest absolute Gasteiger partial charge is 0.228 e. The van der Waals surface area contributed by atoms with E-state index < -0.39 is 0 Å². The zero-order valence-electron chi connectivity index (χ0n) is 34.4. The van der Waals surface area contributed by atoms with Crippen LogP contribution in [0.4, 0.5) is 0 Å². The van der Waals surface area contributed by atoms with Crippen molar-refractivity contribution in [3.05, 3.63) is 228 Å². The minimum atomic E-state index is -0.261. The molecule has 0 spiro atoms. The predicted octanol–water partition coefficient (Wildman–Crippen LogP) is 15.1. The maximum absolute atomic E-state index is 5.35. The lowest BCUT2D eigenvalue weighted by Gasteiger charge is -2.28. The van der Waals surface area contributed by atoms with Crippen molar-refractivity contribution < 1.29 is 0 Å². The topological polar surface area (TPSA) is 25.8 Å². The molecule has 9 aromatic carbocycles. The van der Waals surface area contributed by atoms with Crippen molar-refractivity contribution in [2.24, 2.45) is 0 Å². The molecule has 2 heteroatoms. The summed E-state index contributed by atoms with van der Waals surface area (Å²) in [6, 6.07) is 73.1. The highest BCUT2D eigenvalue weighted by Gasteiger charge is 2.41. The number of rotatable bonds is 5. The number of hydrogen-bond acceptors (Lipinski definition) is 2. The zero-order chi connectivity index (χ0) is 40.9. The van der Waals surface area contributed by atoms with Crippen molar-refractivity contribution in [2.45, 2.75) is 31.6 Å². The van der Waals surface area contributed by atoms with Gasteiger partial charge in [-0.15, -0.1) is 0 Å². The highest BCUT2D eigenvalue weighted by Crippen LogP contribution is 2.55. The van der Waals surface area contributed by atoms with E-state index in [-0.39, 0.29) is 10.8 Å². The summed E-state index contributed by atoms with van der Waals surface area (Å²) >= 11 is 0. The van der Waals surface area contributed by atoms with Crippen LogP contribution >= 0.6 is 0 Å². The van der Waals surface area contributed by atoms with Crippen LogP contribution < -0.4 is 0 Å². The van der Waals surface area contributed by atoms with Crippen molar-refractivity contribution in [3.8, 4) is 67.3 Å². The zero-order valence-corrected chi connectivity index (χ0v) is 34.4. The normalized spacial score (nSPS) is 15.7. The van der Waals surface area contributed by atoms with Crippen LogP contribution in [0.3, 0.4) is 0 Å². The van der Waals surface area contributed by atoms with E-state index in [0.717, 1.165) is 28.1 Å². The first-order valence-electron chi connectivity index (χ1n) is 21.3. The van der Waals surface area contributed by atoms with Gasteiger partial charge in [0.2, 0.25) is 0 Å². The first-order valence-corrected chi connectivity index (χ1v) is 21.3. The minimum Gasteiger partial charge on any atom is -0.228 e. The van der Waals surface area contributed by atoms with Gasteiger partial charge >= 0.3 is 0 Å². The molecule has 0 aliphatic heterocycles. The molecule has 2 nitrogen and oxygen atoms in total. The Balaban J connectivity index is 1.03. The third-order valence-electron chi connectivity index (χ3n) is 13.7. The molecule has 1 atom stereocenters. The van der Waals surface area contributed by atoms with Crippen LogP contribution in [0.2, 0.25) is 0 Å². The molecular formula is C59H42N2. The van der Waals surface area contributed by atoms with Crippen molar-refractivity contribution in [3.63, 3.8) is 0 Å². The average molecular weight is 779 g/mol. The van der Waals surface area contributed by atoms with Gasteiger partial charge < -0.3 is 0 Å². The van der Waals surface area contributed by atoms with Crippen LogP contribution in [0.15, 0.2) is 200 Å². The summed E-state index contributed by atoms with van der Waals surface area (Å²) in [6.45, 7) is 7.14. The van der Waals surface area contributed by atoms with Gasteiger partial charge in [0, 0.05) is 27.5 Å². The van der Waals surface area contributed by atoms with Gasteiger partial charge in [0.1, 0.15) is 0 Å². The summed E-state index contributed by atoms with van der Waals surface area (Å²) < 4.78 is 0. The van der Waals surface area contributed by atoms with Gasteiger partial charge in [0.15, 0.2) is 5.82 Å². The van der Waals surface area contributed by atoms with Crippen LogP contribution in [0.25, 0.3) is 88.8 Å². The first kappa shape index (κ1) is 35.5. The van der Waals surface area contributed by atoms with Gasteiger partial charge in [-0.2, -0.15) is 0 Å². The maximum atomic E-state index is 5.35. The first-order chi connectivity index (χ1) is 29.9. The van der Waals surface area contributed by atoms with Crippen LogP contribution in [0.1, 0.15) is 48.6 Å². The molecule has 0 N–H and O–H groups in total. The summed E-state index contributed by atoms with van der Waals surface area (Å²) in [5.41, 5.74) is 18.9. The summed E-state index contributed by atoms with van der Waals surface area (Å²) in [6.07, 6.45) is 0. The third kappa shape index (κ3) is 5.28. The second-order valence-corrected chi connectivity index (χ2v) is 17.4. The van der Waals surface area contributed by atoms with Crippen molar-refractivity contribution in [1.29, 1.82) is 0 Å². The number of fused-ring (bicyclic) bond motifs is 8. The second-order valence-electron chi connectivity index (χ2n) is 17.4. The Morgan fingerprint density at radius 2 is 0.918 bits per heavy atom. The second kappa shape index (κ2) is 13.3. The molecule has 0 saturated heterocycles. The van der Waals surface area contributed by atoms with Crippen LogP contribution in [-0.2, 0) is 10.8 Å². The van der Waals surface area contributed by atoms with Gasteiger partial charge in [-0.1, -0.05) is 190 Å². The predicted molar refractivity (Wildman–Crippen MR) is 254 cm³/mol. The number of benzene rings is 9. The molecule has 0 amide bonds. The molecule has 1 unspecified atom stereocenters. The van der Waals surface area contributed by atoms with E-state index in [1.807, 2.05) is 6.07 Å². The molecule has 12 rings (SSSR count). The number of hydrogen-bond donors (Lipinski definition) is 0. The summed E-state index contributed by atoms with van der Waals surface area (Å²) in [4.78, 5) is 10.7. The van der Waals surface area contributed by atoms with Gasteiger partial charge in [-0.05, 0) is 114 Å². The van der Waals surface area contributed by atoms with Gasteiger partial charge in [0.05, 0.1) is 11.4 Å². The van der Waals surface area contributed by atoms with E-state index >= 15 is 0 Å². The molecule has 1 aromatic heterocycles. The molecule has 1 heterocycles. The van der Waals surface area contributed by atoms with E-state index in [9.17, 15) is 0 Å². The van der Waals surface area contributed by atoms with Crippen LogP contribution in [0, 0.1) is 0 Å². The Morgan fingerprint density at radius 1 is 0.344 bits per heavy atom. The molecule has 0 bridgehead atoms. The minimum absolute atomic E-state index is 0.174. The van der Waals surface area contributed by atoms with Crippen molar-refractivity contribution in [1.82, 2.24) is 9.97 Å². The van der Waals surface area contributed by atoms with Crippen LogP contribution in [0.5, 0.6) is 0 Å². The Labute approximate surface area is 356 Å². The summed E-state index contributed by atoms with van der Waals surface area (Å²) in [5, 5.41) is 4.94. The summed E-state index contributed by atoms with van der Waals surface area (Å²) in [5.74, 6) is 0.712. The van der Waals surface area contributed by atoms with Gasteiger partial charge in [-0.3, -0.25) is 0 Å². The van der Waals surface area contributed by atoms with E-state index in [1.165, 1.54) is 82.7 Å². The Kier molecular flexibility index (Phi) is 7.74. The Morgan fingerprint density at radius 3 is 1.70 bits per heavy atom. The number of aromatic nitrogens is 2. The van der Waals surface area contributed by atoms with Crippen molar-refractivity contribution >= 4 is 21.5 Å². The lowest BCUT2D eigenvalue weighted by Crippen LogP contribution is -2.22. The summed E-state index contributed by atoms with van der Waals surface area (Å²) in [7, 11) is 0. The molecular weight excluding hydrogens is 737 g/mol. The number of nitrogens with zero attached hydrogens (tertiary/aromatic N) is 2. The smallest absolute Gasteiger partial charge is 0.160 e. The highest BCUT2D eigenvalue weighted by molar-refractivity contribution is 6.07. The standard InChI is InChI=1S/C59H42N2/c1-58(2)53-35-39-20-11-10-19-38(39)33-50(53)48-27-16-26-47(56(48)58)44-30-31-46(43-24-13-12-23-42(43)44)55-36-54(60-57(61-55)37-17-6-4-7-18-37)40-29-32-52-49(34-40)45-25-14-15-28-51(45)59(52,3)41-21-8-5-9-22-41/h4-36H,1-3H3. The Bertz CT molecular complexity index is 3400. The molecule has 2 aliphatic rings. The lowest BCUT2D eigenvalue weighted by molar-refractivity contribution is 0.663. The lowest BCUT2D eigenvalue weighted by atomic mass is 9.74. The monoisotopic (exact) mass is 778 g/mol. The molecule has 2 aliphatic carbocycles. The highest BCUT2D eigenvalue weighted by atomic mass is 14.9. The van der Waals surface area contributed by atoms with Gasteiger partial charge in [0.25, 0.3) is 0 Å². The molecule has 0 radical (unpaired) electrons.